The average Bonchev–Trinajstić information content (AvgIpc) is 3.53. The Hall–Kier alpha value is -5.08. The molecule has 0 bridgehead atoms. The van der Waals surface area contributed by atoms with Crippen LogP contribution in [-0.4, -0.2) is 9.13 Å². The standard InChI is InChI=1S/C40H32N2/c1-40(2,3)38-37(42-35-19-11-7-15-30(35)31-16-8-12-20-36(31)42)26-25-33-32-17-9-10-18-34(32)41(39(33)38)29-23-21-28(22-24-29)27-13-5-4-6-14-27/h4-26H,1-3H3. The van der Waals surface area contributed by atoms with Crippen LogP contribution in [0.25, 0.3) is 66.1 Å². The number of hydrogen-bond donors (Lipinski definition) is 0. The fourth-order valence-electron chi connectivity index (χ4n) is 6.86. The highest BCUT2D eigenvalue weighted by Gasteiger charge is 2.28. The maximum Gasteiger partial charge on any atom is 0.0599 e. The molecule has 0 unspecified atom stereocenters. The Balaban J connectivity index is 1.49. The van der Waals surface area contributed by atoms with E-state index in [0.29, 0.717) is 0 Å². The number of aromatic nitrogens is 2. The highest BCUT2D eigenvalue weighted by molar-refractivity contribution is 6.13. The first-order valence-corrected chi connectivity index (χ1v) is 14.7. The van der Waals surface area contributed by atoms with E-state index in [1.807, 2.05) is 0 Å². The number of benzene rings is 6. The lowest BCUT2D eigenvalue weighted by molar-refractivity contribution is 0.591. The van der Waals surface area contributed by atoms with Gasteiger partial charge < -0.3 is 9.13 Å². The Morgan fingerprint density at radius 2 is 0.881 bits per heavy atom. The number of nitrogens with zero attached hydrogens (tertiary/aromatic N) is 2. The number of para-hydroxylation sites is 3. The van der Waals surface area contributed by atoms with Crippen molar-refractivity contribution in [2.45, 2.75) is 26.2 Å². The van der Waals surface area contributed by atoms with Crippen molar-refractivity contribution in [1.29, 1.82) is 0 Å². The maximum absolute atomic E-state index is 2.48. The monoisotopic (exact) mass is 540 g/mol. The van der Waals surface area contributed by atoms with Crippen LogP contribution in [0.2, 0.25) is 0 Å². The van der Waals surface area contributed by atoms with Gasteiger partial charge in [0, 0.05) is 32.8 Å². The van der Waals surface area contributed by atoms with Gasteiger partial charge in [-0.2, -0.15) is 0 Å². The van der Waals surface area contributed by atoms with Gasteiger partial charge >= 0.3 is 0 Å². The highest BCUT2D eigenvalue weighted by atomic mass is 15.0. The molecule has 0 atom stereocenters. The van der Waals surface area contributed by atoms with Crippen LogP contribution in [0.5, 0.6) is 0 Å². The van der Waals surface area contributed by atoms with E-state index >= 15 is 0 Å². The van der Waals surface area contributed by atoms with Crippen LogP contribution in [0.4, 0.5) is 0 Å². The van der Waals surface area contributed by atoms with Crippen LogP contribution in [0.1, 0.15) is 26.3 Å². The summed E-state index contributed by atoms with van der Waals surface area (Å²) in [5.41, 5.74) is 11.0. The van der Waals surface area contributed by atoms with E-state index in [-0.39, 0.29) is 5.41 Å². The molecule has 8 aromatic rings. The van der Waals surface area contributed by atoms with Crippen LogP contribution in [0, 0.1) is 0 Å². The Kier molecular flexibility index (Phi) is 5.42. The first kappa shape index (κ1) is 24.7. The summed E-state index contributed by atoms with van der Waals surface area (Å²) in [7, 11) is 0. The molecule has 0 radical (unpaired) electrons. The molecule has 2 heteroatoms. The third kappa shape index (κ3) is 3.65. The fourth-order valence-corrected chi connectivity index (χ4v) is 6.86. The second kappa shape index (κ2) is 9.22. The van der Waals surface area contributed by atoms with Crippen molar-refractivity contribution in [3.63, 3.8) is 0 Å². The summed E-state index contributed by atoms with van der Waals surface area (Å²) in [6.45, 7) is 7.04. The third-order valence-electron chi connectivity index (χ3n) is 8.62. The molecule has 0 saturated carbocycles. The van der Waals surface area contributed by atoms with Crippen molar-refractivity contribution < 1.29 is 0 Å². The van der Waals surface area contributed by atoms with Gasteiger partial charge in [-0.15, -0.1) is 0 Å². The summed E-state index contributed by atoms with van der Waals surface area (Å²) in [5.74, 6) is 0. The Morgan fingerprint density at radius 3 is 1.45 bits per heavy atom. The molecule has 2 heterocycles. The minimum absolute atomic E-state index is 0.128. The molecule has 0 amide bonds. The van der Waals surface area contributed by atoms with E-state index in [1.165, 1.54) is 71.7 Å². The first-order valence-electron chi connectivity index (χ1n) is 14.7. The van der Waals surface area contributed by atoms with Crippen LogP contribution >= 0.6 is 0 Å². The predicted molar refractivity (Wildman–Crippen MR) is 179 cm³/mol. The lowest BCUT2D eigenvalue weighted by atomic mass is 9.84. The molecule has 42 heavy (non-hydrogen) atoms. The number of fused-ring (bicyclic) bond motifs is 6. The average molecular weight is 541 g/mol. The third-order valence-corrected chi connectivity index (χ3v) is 8.62. The fraction of sp³-hybridized carbons (Fsp3) is 0.100. The van der Waals surface area contributed by atoms with Crippen LogP contribution in [0.3, 0.4) is 0 Å². The first-order chi connectivity index (χ1) is 20.5. The van der Waals surface area contributed by atoms with Crippen molar-refractivity contribution in [1.82, 2.24) is 9.13 Å². The molecule has 0 N–H and O–H groups in total. The van der Waals surface area contributed by atoms with Crippen molar-refractivity contribution in [3.8, 4) is 22.5 Å². The molecule has 202 valence electrons. The second-order valence-electron chi connectivity index (χ2n) is 12.2. The van der Waals surface area contributed by atoms with Crippen LogP contribution < -0.4 is 0 Å². The van der Waals surface area contributed by atoms with Gasteiger partial charge in [-0.3, -0.25) is 0 Å². The van der Waals surface area contributed by atoms with E-state index in [9.17, 15) is 0 Å². The molecule has 0 saturated heterocycles. The summed E-state index contributed by atoms with van der Waals surface area (Å²) < 4.78 is 4.96. The van der Waals surface area contributed by atoms with Crippen LogP contribution in [-0.2, 0) is 5.41 Å². The van der Waals surface area contributed by atoms with Gasteiger partial charge in [0.2, 0.25) is 0 Å². The Bertz CT molecular complexity index is 2200. The summed E-state index contributed by atoms with van der Waals surface area (Å²) in [6, 6.07) is 50.7. The van der Waals surface area contributed by atoms with Crippen molar-refractivity contribution in [2.24, 2.45) is 0 Å². The van der Waals surface area contributed by atoms with Gasteiger partial charge in [-0.25, -0.2) is 0 Å². The molecule has 0 spiro atoms. The zero-order chi connectivity index (χ0) is 28.4. The summed E-state index contributed by atoms with van der Waals surface area (Å²) in [4.78, 5) is 0. The maximum atomic E-state index is 2.48. The number of hydrogen-bond acceptors (Lipinski definition) is 0. The Morgan fingerprint density at radius 1 is 0.405 bits per heavy atom. The second-order valence-corrected chi connectivity index (χ2v) is 12.2. The minimum atomic E-state index is -0.128. The minimum Gasteiger partial charge on any atom is -0.309 e. The molecule has 2 nitrogen and oxygen atoms in total. The summed E-state index contributed by atoms with van der Waals surface area (Å²) in [5, 5.41) is 5.13. The smallest absolute Gasteiger partial charge is 0.0599 e. The van der Waals surface area contributed by atoms with E-state index in [4.69, 9.17) is 0 Å². The quantitative estimate of drug-likeness (QED) is 0.211. The van der Waals surface area contributed by atoms with Crippen molar-refractivity contribution in [2.75, 3.05) is 0 Å². The van der Waals surface area contributed by atoms with E-state index in [0.717, 1.165) is 0 Å². The highest BCUT2D eigenvalue weighted by Crippen LogP contribution is 2.43. The summed E-state index contributed by atoms with van der Waals surface area (Å²) in [6.07, 6.45) is 0. The molecular formula is C40H32N2. The van der Waals surface area contributed by atoms with Gasteiger partial charge in [0.1, 0.15) is 0 Å². The van der Waals surface area contributed by atoms with Gasteiger partial charge in [0.25, 0.3) is 0 Å². The molecule has 6 aromatic carbocycles. The zero-order valence-electron chi connectivity index (χ0n) is 24.2. The number of rotatable bonds is 3. The SMILES string of the molecule is CC(C)(C)c1c(-n2c3ccccc3c3ccccc32)ccc2c3ccccc3n(-c3ccc(-c4ccccc4)cc3)c12. The molecule has 0 aliphatic heterocycles. The molecule has 0 fully saturated rings. The van der Waals surface area contributed by atoms with Gasteiger partial charge in [-0.05, 0) is 52.9 Å². The molecule has 8 rings (SSSR count). The largest absolute Gasteiger partial charge is 0.309 e. The van der Waals surface area contributed by atoms with E-state index in [1.54, 1.807) is 0 Å². The Labute approximate surface area is 246 Å². The molecule has 2 aromatic heterocycles. The van der Waals surface area contributed by atoms with Crippen molar-refractivity contribution in [3.05, 3.63) is 145 Å². The van der Waals surface area contributed by atoms with Gasteiger partial charge in [-0.1, -0.05) is 124 Å². The van der Waals surface area contributed by atoms with Gasteiger partial charge in [0.15, 0.2) is 0 Å². The molecular weight excluding hydrogens is 508 g/mol. The zero-order valence-corrected chi connectivity index (χ0v) is 24.2. The lowest BCUT2D eigenvalue weighted by Crippen LogP contribution is -2.17. The predicted octanol–water partition coefficient (Wildman–Crippen LogP) is 10.8. The van der Waals surface area contributed by atoms with Crippen molar-refractivity contribution >= 4 is 43.6 Å². The van der Waals surface area contributed by atoms with Crippen LogP contribution in [0.15, 0.2) is 140 Å². The lowest BCUT2D eigenvalue weighted by Gasteiger charge is -2.27. The van der Waals surface area contributed by atoms with Gasteiger partial charge in [0.05, 0.1) is 27.8 Å². The van der Waals surface area contributed by atoms with E-state index in [2.05, 4.69) is 169 Å². The molecule has 0 aliphatic carbocycles. The topological polar surface area (TPSA) is 9.86 Å². The summed E-state index contributed by atoms with van der Waals surface area (Å²) >= 11 is 0. The normalized spacial score (nSPS) is 12.2. The van der Waals surface area contributed by atoms with E-state index < -0.39 is 0 Å². The molecule has 0 aliphatic rings.